The van der Waals surface area contributed by atoms with Gasteiger partial charge in [0.1, 0.15) is 10.4 Å². The van der Waals surface area contributed by atoms with Crippen LogP contribution in [-0.2, 0) is 9.53 Å². The zero-order valence-corrected chi connectivity index (χ0v) is 11.6. The number of rotatable bonds is 3. The van der Waals surface area contributed by atoms with Gasteiger partial charge < -0.3 is 14.7 Å². The Hall–Kier alpha value is -1.14. The van der Waals surface area contributed by atoms with Crippen molar-refractivity contribution in [3.63, 3.8) is 0 Å². The summed E-state index contributed by atoms with van der Waals surface area (Å²) in [5.74, 6) is 0.196. The van der Waals surface area contributed by atoms with Crippen molar-refractivity contribution in [2.75, 3.05) is 25.2 Å². The van der Waals surface area contributed by atoms with Gasteiger partial charge in [0.15, 0.2) is 0 Å². The Morgan fingerprint density at radius 1 is 1.67 bits per heavy atom. The normalized spacial score (nSPS) is 23.2. The SMILES string of the molecule is COC(=O)[C@@H]1CCN(c2cccc(Br)n2)[C@@H]1CO. The van der Waals surface area contributed by atoms with E-state index in [1.807, 2.05) is 23.1 Å². The highest BCUT2D eigenvalue weighted by Gasteiger charge is 2.39. The Morgan fingerprint density at radius 3 is 3.06 bits per heavy atom. The summed E-state index contributed by atoms with van der Waals surface area (Å²) in [4.78, 5) is 17.9. The van der Waals surface area contributed by atoms with Crippen molar-refractivity contribution < 1.29 is 14.6 Å². The van der Waals surface area contributed by atoms with Gasteiger partial charge in [-0.1, -0.05) is 6.07 Å². The summed E-state index contributed by atoms with van der Waals surface area (Å²) in [7, 11) is 1.37. The average Bonchev–Trinajstić information content (AvgIpc) is 2.81. The van der Waals surface area contributed by atoms with Crippen LogP contribution >= 0.6 is 15.9 Å². The van der Waals surface area contributed by atoms with E-state index in [4.69, 9.17) is 4.74 Å². The fourth-order valence-electron chi connectivity index (χ4n) is 2.35. The van der Waals surface area contributed by atoms with E-state index >= 15 is 0 Å². The number of hydrogen-bond donors (Lipinski definition) is 1. The highest BCUT2D eigenvalue weighted by molar-refractivity contribution is 9.10. The van der Waals surface area contributed by atoms with Crippen LogP contribution in [0.3, 0.4) is 0 Å². The third-order valence-corrected chi connectivity index (χ3v) is 3.67. The molecule has 18 heavy (non-hydrogen) atoms. The molecule has 1 fully saturated rings. The highest BCUT2D eigenvalue weighted by atomic mass is 79.9. The summed E-state index contributed by atoms with van der Waals surface area (Å²) < 4.78 is 5.50. The molecule has 5 nitrogen and oxygen atoms in total. The van der Waals surface area contributed by atoms with Crippen molar-refractivity contribution in [1.82, 2.24) is 4.98 Å². The van der Waals surface area contributed by atoms with E-state index < -0.39 is 0 Å². The second-order valence-electron chi connectivity index (χ2n) is 4.18. The molecule has 0 bridgehead atoms. The highest BCUT2D eigenvalue weighted by Crippen LogP contribution is 2.29. The first kappa shape index (κ1) is 13.3. The number of anilines is 1. The number of esters is 1. The maximum atomic E-state index is 11.6. The van der Waals surface area contributed by atoms with Crippen LogP contribution in [0, 0.1) is 5.92 Å². The minimum atomic E-state index is -0.291. The first-order chi connectivity index (χ1) is 8.67. The van der Waals surface area contributed by atoms with Gasteiger partial charge in [0.05, 0.1) is 25.7 Å². The average molecular weight is 315 g/mol. The summed E-state index contributed by atoms with van der Waals surface area (Å²) in [6, 6.07) is 5.32. The molecule has 2 rings (SSSR count). The fraction of sp³-hybridized carbons (Fsp3) is 0.500. The molecule has 0 saturated carbocycles. The van der Waals surface area contributed by atoms with Crippen molar-refractivity contribution >= 4 is 27.7 Å². The Labute approximate surface area is 114 Å². The Bertz CT molecular complexity index is 441. The molecule has 2 atom stereocenters. The monoisotopic (exact) mass is 314 g/mol. The third-order valence-electron chi connectivity index (χ3n) is 3.23. The summed E-state index contributed by atoms with van der Waals surface area (Å²) >= 11 is 3.32. The third kappa shape index (κ3) is 2.49. The van der Waals surface area contributed by atoms with E-state index in [0.29, 0.717) is 13.0 Å². The second kappa shape index (κ2) is 5.67. The molecule has 0 aliphatic carbocycles. The number of aliphatic hydroxyl groups is 1. The molecule has 1 aromatic rings. The molecule has 98 valence electrons. The Morgan fingerprint density at radius 2 is 2.44 bits per heavy atom. The summed E-state index contributed by atoms with van der Waals surface area (Å²) in [6.07, 6.45) is 0.673. The van der Waals surface area contributed by atoms with Gasteiger partial charge in [0, 0.05) is 6.54 Å². The van der Waals surface area contributed by atoms with E-state index in [2.05, 4.69) is 20.9 Å². The van der Waals surface area contributed by atoms with E-state index in [9.17, 15) is 9.90 Å². The number of carbonyl (C=O) groups excluding carboxylic acids is 1. The van der Waals surface area contributed by atoms with Gasteiger partial charge in [-0.25, -0.2) is 4.98 Å². The standard InChI is InChI=1S/C12H15BrN2O3/c1-18-12(17)8-5-6-15(9(8)7-16)11-4-2-3-10(13)14-11/h2-4,8-9,16H,5-7H2,1H3/t8-,9-/m1/s1. The molecule has 0 radical (unpaired) electrons. The van der Waals surface area contributed by atoms with Gasteiger partial charge >= 0.3 is 5.97 Å². The molecule has 1 aliphatic rings. The number of nitrogens with zero attached hydrogens (tertiary/aromatic N) is 2. The van der Waals surface area contributed by atoms with E-state index in [0.717, 1.165) is 10.4 Å². The first-order valence-electron chi connectivity index (χ1n) is 5.75. The Kier molecular flexibility index (Phi) is 4.19. The van der Waals surface area contributed by atoms with Crippen LogP contribution in [0.25, 0.3) is 0 Å². The van der Waals surface area contributed by atoms with Crippen LogP contribution in [0.4, 0.5) is 5.82 Å². The lowest BCUT2D eigenvalue weighted by atomic mass is 10.0. The van der Waals surface area contributed by atoms with Gasteiger partial charge in [-0.15, -0.1) is 0 Å². The van der Waals surface area contributed by atoms with Crippen LogP contribution in [0.15, 0.2) is 22.8 Å². The minimum absolute atomic E-state index is 0.0893. The molecule has 0 spiro atoms. The van der Waals surface area contributed by atoms with Crippen molar-refractivity contribution in [2.45, 2.75) is 12.5 Å². The maximum absolute atomic E-state index is 11.6. The smallest absolute Gasteiger partial charge is 0.310 e. The van der Waals surface area contributed by atoms with Gasteiger partial charge in [-0.05, 0) is 34.5 Å². The van der Waals surface area contributed by atoms with Gasteiger partial charge in [0.25, 0.3) is 0 Å². The van der Waals surface area contributed by atoms with Crippen LogP contribution in [-0.4, -0.2) is 42.4 Å². The molecule has 1 aromatic heterocycles. The van der Waals surface area contributed by atoms with E-state index in [1.54, 1.807) is 0 Å². The number of pyridine rings is 1. The lowest BCUT2D eigenvalue weighted by molar-refractivity contribution is -0.145. The lowest BCUT2D eigenvalue weighted by Crippen LogP contribution is -2.39. The number of halogens is 1. The molecule has 1 saturated heterocycles. The van der Waals surface area contributed by atoms with E-state index in [1.165, 1.54) is 7.11 Å². The minimum Gasteiger partial charge on any atom is -0.469 e. The van der Waals surface area contributed by atoms with Crippen molar-refractivity contribution in [1.29, 1.82) is 0 Å². The van der Waals surface area contributed by atoms with Crippen LogP contribution in [0.5, 0.6) is 0 Å². The maximum Gasteiger partial charge on any atom is 0.310 e. The largest absolute Gasteiger partial charge is 0.469 e. The molecule has 2 heterocycles. The fourth-order valence-corrected chi connectivity index (χ4v) is 2.68. The van der Waals surface area contributed by atoms with E-state index in [-0.39, 0.29) is 24.5 Å². The van der Waals surface area contributed by atoms with Crippen molar-refractivity contribution in [2.24, 2.45) is 5.92 Å². The van der Waals surface area contributed by atoms with Crippen LogP contribution in [0.2, 0.25) is 0 Å². The van der Waals surface area contributed by atoms with Crippen molar-refractivity contribution in [3.8, 4) is 0 Å². The number of ether oxygens (including phenoxy) is 1. The summed E-state index contributed by atoms with van der Waals surface area (Å²) in [5, 5.41) is 9.49. The number of hydrogen-bond acceptors (Lipinski definition) is 5. The molecule has 6 heteroatoms. The molecule has 0 aromatic carbocycles. The summed E-state index contributed by atoms with van der Waals surface area (Å²) in [5.41, 5.74) is 0. The second-order valence-corrected chi connectivity index (χ2v) is 4.99. The zero-order chi connectivity index (χ0) is 13.1. The Balaban J connectivity index is 2.22. The van der Waals surface area contributed by atoms with Crippen LogP contribution < -0.4 is 4.90 Å². The van der Waals surface area contributed by atoms with Gasteiger partial charge in [-0.3, -0.25) is 4.79 Å². The quantitative estimate of drug-likeness (QED) is 0.671. The predicted molar refractivity (Wildman–Crippen MR) is 70.3 cm³/mol. The molecule has 1 aliphatic heterocycles. The molecule has 1 N–H and O–H groups in total. The molecular formula is C12H15BrN2O3. The molecule has 0 amide bonds. The van der Waals surface area contributed by atoms with Gasteiger partial charge in [-0.2, -0.15) is 0 Å². The number of carbonyl (C=O) groups is 1. The first-order valence-corrected chi connectivity index (χ1v) is 6.54. The predicted octanol–water partition coefficient (Wildman–Crippen LogP) is 1.20. The topological polar surface area (TPSA) is 62.7 Å². The van der Waals surface area contributed by atoms with Gasteiger partial charge in [0.2, 0.25) is 0 Å². The van der Waals surface area contributed by atoms with Crippen LogP contribution in [0.1, 0.15) is 6.42 Å². The molecule has 0 unspecified atom stereocenters. The number of aliphatic hydroxyl groups excluding tert-OH is 1. The summed E-state index contributed by atoms with van der Waals surface area (Å²) in [6.45, 7) is 0.600. The number of aromatic nitrogens is 1. The zero-order valence-electron chi connectivity index (χ0n) is 10.0. The lowest BCUT2D eigenvalue weighted by Gasteiger charge is -2.26. The molecular weight excluding hydrogens is 300 g/mol. The van der Waals surface area contributed by atoms with Crippen molar-refractivity contribution in [3.05, 3.63) is 22.8 Å². The number of methoxy groups -OCH3 is 1.